The van der Waals surface area contributed by atoms with Crippen molar-refractivity contribution in [3.63, 3.8) is 0 Å². The van der Waals surface area contributed by atoms with Crippen LogP contribution in [0.15, 0.2) is 53.4 Å². The third-order valence-corrected chi connectivity index (χ3v) is 4.77. The zero-order chi connectivity index (χ0) is 18.6. The lowest BCUT2D eigenvalue weighted by atomic mass is 10.2. The van der Waals surface area contributed by atoms with Crippen molar-refractivity contribution in [2.75, 3.05) is 12.4 Å². The van der Waals surface area contributed by atoms with Crippen LogP contribution in [0.1, 0.15) is 12.5 Å². The summed E-state index contributed by atoms with van der Waals surface area (Å²) in [5.41, 5.74) is 1.36. The molecule has 0 aromatic heterocycles. The Morgan fingerprint density at radius 3 is 2.24 bits per heavy atom. The Balaban J connectivity index is 1.98. The lowest BCUT2D eigenvalue weighted by molar-refractivity contribution is -0.120. The molecule has 3 N–H and O–H groups in total. The summed E-state index contributed by atoms with van der Waals surface area (Å²) >= 11 is 0. The first kappa shape index (κ1) is 19.0. The molecule has 25 heavy (non-hydrogen) atoms. The second-order valence-corrected chi connectivity index (χ2v) is 7.34. The van der Waals surface area contributed by atoms with E-state index in [1.165, 1.54) is 36.4 Å². The average molecular weight is 365 g/mol. The predicted octanol–water partition coefficient (Wildman–Crippen LogP) is 1.93. The van der Waals surface area contributed by atoms with Gasteiger partial charge in [0, 0.05) is 12.2 Å². The normalized spacial score (nSPS) is 12.8. The van der Waals surface area contributed by atoms with E-state index in [4.69, 9.17) is 5.14 Å². The third-order valence-electron chi connectivity index (χ3n) is 3.84. The zero-order valence-electron chi connectivity index (χ0n) is 13.9. The molecule has 0 spiro atoms. The first-order chi connectivity index (χ1) is 11.7. The number of anilines is 1. The summed E-state index contributed by atoms with van der Waals surface area (Å²) in [6, 6.07) is 11.3. The summed E-state index contributed by atoms with van der Waals surface area (Å²) in [6.45, 7) is 2.23. The Morgan fingerprint density at radius 2 is 1.72 bits per heavy atom. The standard InChI is InChI=1S/C17H20FN3O3S/c1-12(21(2)11-13-3-5-14(18)6-4-13)17(22)20-15-7-9-16(10-8-15)25(19,23)24/h3-10,12H,11H2,1-2H3,(H,20,22)(H2,19,23,24)/t12-/m1/s1. The van der Waals surface area contributed by atoms with Crippen LogP contribution in [0.5, 0.6) is 0 Å². The van der Waals surface area contributed by atoms with E-state index in [-0.39, 0.29) is 16.6 Å². The molecule has 1 atom stereocenters. The minimum Gasteiger partial charge on any atom is -0.325 e. The number of nitrogens with zero attached hydrogens (tertiary/aromatic N) is 1. The van der Waals surface area contributed by atoms with Gasteiger partial charge >= 0.3 is 0 Å². The van der Waals surface area contributed by atoms with Crippen LogP contribution in [0.25, 0.3) is 0 Å². The smallest absolute Gasteiger partial charge is 0.241 e. The van der Waals surface area contributed by atoms with E-state index >= 15 is 0 Å². The molecule has 0 saturated carbocycles. The van der Waals surface area contributed by atoms with Gasteiger partial charge in [0.1, 0.15) is 5.82 Å². The molecule has 0 saturated heterocycles. The molecule has 0 bridgehead atoms. The van der Waals surface area contributed by atoms with Gasteiger partial charge < -0.3 is 5.32 Å². The lowest BCUT2D eigenvalue weighted by Gasteiger charge is -2.24. The molecule has 0 fully saturated rings. The molecule has 134 valence electrons. The fourth-order valence-electron chi connectivity index (χ4n) is 2.19. The second-order valence-electron chi connectivity index (χ2n) is 5.78. The summed E-state index contributed by atoms with van der Waals surface area (Å²) in [7, 11) is -1.97. The molecule has 0 unspecified atom stereocenters. The van der Waals surface area contributed by atoms with Crippen LogP contribution in [0, 0.1) is 5.82 Å². The number of sulfonamides is 1. The molecule has 6 nitrogen and oxygen atoms in total. The number of halogens is 1. The van der Waals surface area contributed by atoms with Crippen molar-refractivity contribution in [2.45, 2.75) is 24.4 Å². The van der Waals surface area contributed by atoms with Crippen molar-refractivity contribution >= 4 is 21.6 Å². The molecule has 2 aromatic rings. The highest BCUT2D eigenvalue weighted by atomic mass is 32.2. The van der Waals surface area contributed by atoms with Crippen LogP contribution in [-0.2, 0) is 21.4 Å². The number of carbonyl (C=O) groups is 1. The van der Waals surface area contributed by atoms with Crippen LogP contribution < -0.4 is 10.5 Å². The molecule has 2 rings (SSSR count). The molecule has 2 aromatic carbocycles. The van der Waals surface area contributed by atoms with E-state index in [1.54, 1.807) is 26.1 Å². The third kappa shape index (κ3) is 5.35. The number of hydrogen-bond acceptors (Lipinski definition) is 4. The maximum absolute atomic E-state index is 12.9. The highest BCUT2D eigenvalue weighted by Crippen LogP contribution is 2.14. The van der Waals surface area contributed by atoms with Crippen LogP contribution in [-0.4, -0.2) is 32.3 Å². The molecular weight excluding hydrogens is 345 g/mol. The minimum absolute atomic E-state index is 0.0213. The van der Waals surface area contributed by atoms with E-state index in [9.17, 15) is 17.6 Å². The van der Waals surface area contributed by atoms with E-state index in [0.29, 0.717) is 12.2 Å². The van der Waals surface area contributed by atoms with Crippen molar-refractivity contribution in [1.29, 1.82) is 0 Å². The van der Waals surface area contributed by atoms with E-state index in [1.807, 2.05) is 4.90 Å². The highest BCUT2D eigenvalue weighted by molar-refractivity contribution is 7.89. The summed E-state index contributed by atoms with van der Waals surface area (Å²) in [6.07, 6.45) is 0. The van der Waals surface area contributed by atoms with E-state index < -0.39 is 16.1 Å². The van der Waals surface area contributed by atoms with Gasteiger partial charge in [0.25, 0.3) is 0 Å². The number of rotatable bonds is 6. The average Bonchev–Trinajstić information content (AvgIpc) is 2.55. The number of nitrogens with two attached hydrogens (primary N) is 1. The van der Waals surface area contributed by atoms with Gasteiger partial charge in [-0.15, -0.1) is 0 Å². The van der Waals surface area contributed by atoms with Gasteiger partial charge in [-0.1, -0.05) is 12.1 Å². The van der Waals surface area contributed by atoms with Gasteiger partial charge in [0.05, 0.1) is 10.9 Å². The lowest BCUT2D eigenvalue weighted by Crippen LogP contribution is -2.39. The van der Waals surface area contributed by atoms with Gasteiger partial charge in [-0.2, -0.15) is 0 Å². The first-order valence-electron chi connectivity index (χ1n) is 7.55. The van der Waals surface area contributed by atoms with Gasteiger partial charge in [-0.05, 0) is 55.9 Å². The van der Waals surface area contributed by atoms with Crippen molar-refractivity contribution < 1.29 is 17.6 Å². The molecule has 0 aliphatic heterocycles. The Labute approximate surface area is 146 Å². The van der Waals surface area contributed by atoms with Gasteiger partial charge in [-0.25, -0.2) is 17.9 Å². The number of carbonyl (C=O) groups excluding carboxylic acids is 1. The molecular formula is C17H20FN3O3S. The second kappa shape index (κ2) is 7.73. The zero-order valence-corrected chi connectivity index (χ0v) is 14.8. The molecule has 0 aliphatic rings. The fraction of sp³-hybridized carbons (Fsp3) is 0.235. The molecule has 8 heteroatoms. The number of hydrogen-bond donors (Lipinski definition) is 2. The monoisotopic (exact) mass is 365 g/mol. The van der Waals surface area contributed by atoms with Gasteiger partial charge in [0.2, 0.25) is 15.9 Å². The molecule has 0 heterocycles. The largest absolute Gasteiger partial charge is 0.325 e. The Kier molecular flexibility index (Phi) is 5.89. The van der Waals surface area contributed by atoms with Crippen LogP contribution in [0.2, 0.25) is 0 Å². The summed E-state index contributed by atoms with van der Waals surface area (Å²) in [5.74, 6) is -0.548. The molecule has 0 radical (unpaired) electrons. The fourth-order valence-corrected chi connectivity index (χ4v) is 2.70. The van der Waals surface area contributed by atoms with E-state index in [2.05, 4.69) is 5.32 Å². The number of primary sulfonamides is 1. The SMILES string of the molecule is C[C@H](C(=O)Nc1ccc(S(N)(=O)=O)cc1)N(C)Cc1ccc(F)cc1. The Bertz CT molecular complexity index is 836. The summed E-state index contributed by atoms with van der Waals surface area (Å²) < 4.78 is 35.4. The van der Waals surface area contributed by atoms with Crippen molar-refractivity contribution in [2.24, 2.45) is 5.14 Å². The van der Waals surface area contributed by atoms with Gasteiger partial charge in [0.15, 0.2) is 0 Å². The Hall–Kier alpha value is -2.29. The number of nitrogens with one attached hydrogen (secondary N) is 1. The molecule has 0 aliphatic carbocycles. The van der Waals surface area contributed by atoms with Crippen molar-refractivity contribution in [1.82, 2.24) is 4.90 Å². The summed E-state index contributed by atoms with van der Waals surface area (Å²) in [5, 5.41) is 7.75. The quantitative estimate of drug-likeness (QED) is 0.818. The number of amides is 1. The van der Waals surface area contributed by atoms with Gasteiger partial charge in [-0.3, -0.25) is 9.69 Å². The number of likely N-dealkylation sites (N-methyl/N-ethyl adjacent to an activating group) is 1. The van der Waals surface area contributed by atoms with Crippen molar-refractivity contribution in [3.8, 4) is 0 Å². The van der Waals surface area contributed by atoms with Crippen LogP contribution in [0.3, 0.4) is 0 Å². The minimum atomic E-state index is -3.76. The summed E-state index contributed by atoms with van der Waals surface area (Å²) in [4.78, 5) is 14.1. The number of benzene rings is 2. The highest BCUT2D eigenvalue weighted by Gasteiger charge is 2.18. The van der Waals surface area contributed by atoms with Crippen LogP contribution in [0.4, 0.5) is 10.1 Å². The first-order valence-corrected chi connectivity index (χ1v) is 9.10. The topological polar surface area (TPSA) is 92.5 Å². The maximum Gasteiger partial charge on any atom is 0.241 e. The van der Waals surface area contributed by atoms with Crippen LogP contribution >= 0.6 is 0 Å². The predicted molar refractivity (Wildman–Crippen MR) is 93.8 cm³/mol. The molecule has 1 amide bonds. The van der Waals surface area contributed by atoms with E-state index in [0.717, 1.165) is 5.56 Å². The maximum atomic E-state index is 12.9. The van der Waals surface area contributed by atoms with Crippen molar-refractivity contribution in [3.05, 3.63) is 59.9 Å². The Morgan fingerprint density at radius 1 is 1.16 bits per heavy atom.